The molecule has 0 saturated carbocycles. The quantitative estimate of drug-likeness (QED) is 0.938. The fourth-order valence-electron chi connectivity index (χ4n) is 1.84. The van der Waals surface area contributed by atoms with E-state index in [2.05, 4.69) is 9.97 Å². The normalized spacial score (nSPS) is 13.7. The van der Waals surface area contributed by atoms with Crippen molar-refractivity contribution in [1.82, 2.24) is 9.97 Å². The highest BCUT2D eigenvalue weighted by Gasteiger charge is 2.32. The molecule has 0 saturated heterocycles. The number of hydrogen-bond acceptors (Lipinski definition) is 5. The minimum Gasteiger partial charge on any atom is -0.480 e. The van der Waals surface area contributed by atoms with Crippen LogP contribution in [0, 0.1) is 0 Å². The van der Waals surface area contributed by atoms with Crippen LogP contribution >= 0.6 is 11.6 Å². The van der Waals surface area contributed by atoms with E-state index in [0.717, 1.165) is 0 Å². The third-order valence-electron chi connectivity index (χ3n) is 2.99. The van der Waals surface area contributed by atoms with Gasteiger partial charge in [-0.25, -0.2) is 4.98 Å². The molecule has 1 heterocycles. The largest absolute Gasteiger partial charge is 0.480 e. The van der Waals surface area contributed by atoms with Crippen LogP contribution < -0.4 is 9.47 Å². The zero-order chi connectivity index (χ0) is 14.8. The lowest BCUT2D eigenvalue weighted by atomic mass is 9.92. The highest BCUT2D eigenvalue weighted by molar-refractivity contribution is 6.30. The van der Waals surface area contributed by atoms with Gasteiger partial charge in [-0.15, -0.1) is 0 Å². The van der Waals surface area contributed by atoms with E-state index in [0.29, 0.717) is 22.2 Å². The van der Waals surface area contributed by atoms with Crippen molar-refractivity contribution in [2.75, 3.05) is 14.2 Å². The standard InChI is InChI=1S/C14H15ClN2O3/c1-14(18,9-4-6-10(15)7-5-9)12-13(20-3)17-11(19-2)8-16-12/h4-8,18H,1-3H3. The number of ether oxygens (including phenoxy) is 2. The fourth-order valence-corrected chi connectivity index (χ4v) is 1.97. The minimum atomic E-state index is -1.35. The predicted octanol–water partition coefficient (Wildman–Crippen LogP) is 2.40. The zero-order valence-electron chi connectivity index (χ0n) is 11.4. The van der Waals surface area contributed by atoms with Gasteiger partial charge in [0.2, 0.25) is 11.8 Å². The monoisotopic (exact) mass is 294 g/mol. The van der Waals surface area contributed by atoms with Crippen molar-refractivity contribution in [3.8, 4) is 11.8 Å². The third-order valence-corrected chi connectivity index (χ3v) is 3.24. The van der Waals surface area contributed by atoms with Crippen molar-refractivity contribution in [1.29, 1.82) is 0 Å². The van der Waals surface area contributed by atoms with Gasteiger partial charge in [0.25, 0.3) is 0 Å². The van der Waals surface area contributed by atoms with E-state index < -0.39 is 5.60 Å². The number of rotatable bonds is 4. The van der Waals surface area contributed by atoms with Crippen LogP contribution in [0.2, 0.25) is 5.02 Å². The Hall–Kier alpha value is -1.85. The van der Waals surface area contributed by atoms with Gasteiger partial charge in [-0.3, -0.25) is 0 Å². The Kier molecular flexibility index (Phi) is 4.11. The first-order chi connectivity index (χ1) is 9.48. The number of aliphatic hydroxyl groups is 1. The second-order valence-corrected chi connectivity index (χ2v) is 4.79. The number of nitrogens with zero attached hydrogens (tertiary/aromatic N) is 2. The van der Waals surface area contributed by atoms with Gasteiger partial charge >= 0.3 is 0 Å². The van der Waals surface area contributed by atoms with Crippen molar-refractivity contribution in [2.24, 2.45) is 0 Å². The molecule has 0 fully saturated rings. The van der Waals surface area contributed by atoms with Gasteiger partial charge in [-0.2, -0.15) is 4.98 Å². The van der Waals surface area contributed by atoms with E-state index >= 15 is 0 Å². The van der Waals surface area contributed by atoms with Crippen LogP contribution in [0.3, 0.4) is 0 Å². The highest BCUT2D eigenvalue weighted by atomic mass is 35.5. The van der Waals surface area contributed by atoms with Crippen molar-refractivity contribution < 1.29 is 14.6 Å². The van der Waals surface area contributed by atoms with Crippen LogP contribution in [-0.2, 0) is 5.60 Å². The Balaban J connectivity index is 2.50. The predicted molar refractivity (Wildman–Crippen MR) is 75.3 cm³/mol. The maximum atomic E-state index is 10.8. The summed E-state index contributed by atoms with van der Waals surface area (Å²) < 4.78 is 10.2. The summed E-state index contributed by atoms with van der Waals surface area (Å²) in [6, 6.07) is 6.87. The molecule has 1 aromatic heterocycles. The maximum Gasteiger partial charge on any atom is 0.242 e. The minimum absolute atomic E-state index is 0.212. The van der Waals surface area contributed by atoms with Crippen LogP contribution in [0.25, 0.3) is 0 Å². The molecule has 2 aromatic rings. The third kappa shape index (κ3) is 2.69. The molecule has 0 aliphatic rings. The van der Waals surface area contributed by atoms with Crippen LogP contribution in [0.5, 0.6) is 11.8 Å². The summed E-state index contributed by atoms with van der Waals surface area (Å²) in [5.41, 5.74) is -0.405. The van der Waals surface area contributed by atoms with Gasteiger partial charge < -0.3 is 14.6 Å². The average Bonchev–Trinajstić information content (AvgIpc) is 2.46. The number of hydrogen-bond donors (Lipinski definition) is 1. The number of aromatic nitrogens is 2. The fraction of sp³-hybridized carbons (Fsp3) is 0.286. The summed E-state index contributed by atoms with van der Waals surface area (Å²) in [6.45, 7) is 1.62. The molecule has 1 N–H and O–H groups in total. The molecule has 2 rings (SSSR count). The van der Waals surface area contributed by atoms with Crippen LogP contribution in [-0.4, -0.2) is 29.3 Å². The Morgan fingerprint density at radius 2 is 1.80 bits per heavy atom. The Labute approximate surface area is 122 Å². The SMILES string of the molecule is COc1cnc(C(C)(O)c2ccc(Cl)cc2)c(OC)n1. The van der Waals surface area contributed by atoms with E-state index in [-0.39, 0.29) is 5.88 Å². The lowest BCUT2D eigenvalue weighted by Gasteiger charge is -2.24. The lowest BCUT2D eigenvalue weighted by Crippen LogP contribution is -2.25. The number of halogens is 1. The van der Waals surface area contributed by atoms with Crippen LogP contribution in [0.4, 0.5) is 0 Å². The van der Waals surface area contributed by atoms with E-state index in [1.165, 1.54) is 20.4 Å². The maximum absolute atomic E-state index is 10.8. The summed E-state index contributed by atoms with van der Waals surface area (Å²) in [5.74, 6) is 0.529. The van der Waals surface area contributed by atoms with Crippen molar-refractivity contribution >= 4 is 11.6 Å². The number of benzene rings is 1. The number of methoxy groups -OCH3 is 2. The molecule has 1 atom stereocenters. The molecule has 6 heteroatoms. The molecule has 5 nitrogen and oxygen atoms in total. The summed E-state index contributed by atoms with van der Waals surface area (Å²) >= 11 is 5.86. The first-order valence-corrected chi connectivity index (χ1v) is 6.30. The molecule has 1 unspecified atom stereocenters. The summed E-state index contributed by atoms with van der Waals surface area (Å²) in [7, 11) is 2.95. The molecular weight excluding hydrogens is 280 g/mol. The summed E-state index contributed by atoms with van der Waals surface area (Å²) in [5, 5.41) is 11.4. The average molecular weight is 295 g/mol. The Morgan fingerprint density at radius 1 is 1.15 bits per heavy atom. The second kappa shape index (κ2) is 5.64. The second-order valence-electron chi connectivity index (χ2n) is 4.35. The van der Waals surface area contributed by atoms with E-state index in [9.17, 15) is 5.11 Å². The van der Waals surface area contributed by atoms with Crippen LogP contribution in [0.15, 0.2) is 30.5 Å². The lowest BCUT2D eigenvalue weighted by molar-refractivity contribution is 0.0926. The smallest absolute Gasteiger partial charge is 0.242 e. The zero-order valence-corrected chi connectivity index (χ0v) is 12.2. The topological polar surface area (TPSA) is 64.5 Å². The van der Waals surface area contributed by atoms with E-state index in [1.54, 1.807) is 31.2 Å². The molecule has 20 heavy (non-hydrogen) atoms. The highest BCUT2D eigenvalue weighted by Crippen LogP contribution is 2.34. The summed E-state index contributed by atoms with van der Waals surface area (Å²) in [6.07, 6.45) is 1.43. The summed E-state index contributed by atoms with van der Waals surface area (Å²) in [4.78, 5) is 8.32. The molecule has 0 radical (unpaired) electrons. The molecule has 0 bridgehead atoms. The Bertz CT molecular complexity index is 600. The van der Waals surface area contributed by atoms with Crippen molar-refractivity contribution in [3.05, 3.63) is 46.7 Å². The van der Waals surface area contributed by atoms with Gasteiger partial charge in [-0.1, -0.05) is 23.7 Å². The van der Waals surface area contributed by atoms with Gasteiger partial charge in [-0.05, 0) is 24.6 Å². The molecule has 0 aliphatic carbocycles. The van der Waals surface area contributed by atoms with Crippen LogP contribution in [0.1, 0.15) is 18.2 Å². The first-order valence-electron chi connectivity index (χ1n) is 5.93. The first kappa shape index (κ1) is 14.6. The Morgan fingerprint density at radius 3 is 2.35 bits per heavy atom. The van der Waals surface area contributed by atoms with Crippen molar-refractivity contribution in [3.63, 3.8) is 0 Å². The molecule has 0 spiro atoms. The molecule has 1 aromatic carbocycles. The van der Waals surface area contributed by atoms with E-state index in [1.807, 2.05) is 0 Å². The van der Waals surface area contributed by atoms with Gasteiger partial charge in [0.15, 0.2) is 0 Å². The molecular formula is C14H15ClN2O3. The van der Waals surface area contributed by atoms with Gasteiger partial charge in [0, 0.05) is 5.02 Å². The van der Waals surface area contributed by atoms with Gasteiger partial charge in [0.05, 0.1) is 20.4 Å². The van der Waals surface area contributed by atoms with Gasteiger partial charge in [0.1, 0.15) is 11.3 Å². The van der Waals surface area contributed by atoms with E-state index in [4.69, 9.17) is 21.1 Å². The molecule has 106 valence electrons. The molecule has 0 aliphatic heterocycles. The van der Waals surface area contributed by atoms with Crippen molar-refractivity contribution in [2.45, 2.75) is 12.5 Å². The molecule has 0 amide bonds.